The molecule has 2 rings (SSSR count). The highest BCUT2D eigenvalue weighted by Gasteiger charge is 2.30. The van der Waals surface area contributed by atoms with Crippen LogP contribution in [-0.4, -0.2) is 43.5 Å². The smallest absolute Gasteiger partial charge is 0.406 e. The highest BCUT2D eigenvalue weighted by Crippen LogP contribution is 2.22. The summed E-state index contributed by atoms with van der Waals surface area (Å²) in [5, 5.41) is 5.87. The van der Waals surface area contributed by atoms with Crippen molar-refractivity contribution < 1.29 is 22.7 Å². The standard InChI is InChI=1S/C13H16F3N3O2/c14-13(15,16)21-11-3-1-10(2-4-11)9-18-12(20)19-7-5-17-6-8-19/h1-4,17H,5-9H2,(H,18,20). The average Bonchev–Trinajstić information content (AvgIpc) is 2.45. The molecular formula is C13H16F3N3O2. The van der Waals surface area contributed by atoms with E-state index in [4.69, 9.17) is 0 Å². The van der Waals surface area contributed by atoms with E-state index in [1.54, 1.807) is 4.90 Å². The van der Waals surface area contributed by atoms with E-state index < -0.39 is 6.36 Å². The molecule has 1 fully saturated rings. The van der Waals surface area contributed by atoms with E-state index in [0.29, 0.717) is 18.7 Å². The number of nitrogens with zero attached hydrogens (tertiary/aromatic N) is 1. The number of urea groups is 1. The van der Waals surface area contributed by atoms with Crippen molar-refractivity contribution >= 4 is 6.03 Å². The van der Waals surface area contributed by atoms with E-state index in [0.717, 1.165) is 13.1 Å². The Morgan fingerprint density at radius 3 is 2.43 bits per heavy atom. The normalized spacial score (nSPS) is 15.7. The van der Waals surface area contributed by atoms with Gasteiger partial charge in [0.1, 0.15) is 5.75 Å². The molecule has 8 heteroatoms. The molecule has 1 aliphatic heterocycles. The van der Waals surface area contributed by atoms with Gasteiger partial charge in [0, 0.05) is 32.7 Å². The number of carbonyl (C=O) groups is 1. The second-order valence-corrected chi connectivity index (χ2v) is 4.59. The van der Waals surface area contributed by atoms with Gasteiger partial charge in [0.2, 0.25) is 0 Å². The van der Waals surface area contributed by atoms with Crippen molar-refractivity contribution in [3.05, 3.63) is 29.8 Å². The Balaban J connectivity index is 1.81. The van der Waals surface area contributed by atoms with E-state index in [1.807, 2.05) is 0 Å². The van der Waals surface area contributed by atoms with E-state index in [1.165, 1.54) is 24.3 Å². The summed E-state index contributed by atoms with van der Waals surface area (Å²) in [6.45, 7) is 3.07. The zero-order chi connectivity index (χ0) is 15.3. The molecular weight excluding hydrogens is 287 g/mol. The summed E-state index contributed by atoms with van der Waals surface area (Å²) in [4.78, 5) is 13.5. The number of hydrogen-bond donors (Lipinski definition) is 2. The molecule has 0 aromatic heterocycles. The van der Waals surface area contributed by atoms with Crippen molar-refractivity contribution in [1.29, 1.82) is 0 Å². The van der Waals surface area contributed by atoms with Crippen molar-refractivity contribution in [3.63, 3.8) is 0 Å². The molecule has 116 valence electrons. The molecule has 0 unspecified atom stereocenters. The van der Waals surface area contributed by atoms with Gasteiger partial charge in [-0.25, -0.2) is 4.79 Å². The van der Waals surface area contributed by atoms with Crippen molar-refractivity contribution in [2.75, 3.05) is 26.2 Å². The Bertz CT molecular complexity index is 471. The van der Waals surface area contributed by atoms with Crippen LogP contribution in [0.2, 0.25) is 0 Å². The summed E-state index contributed by atoms with van der Waals surface area (Å²) in [5.74, 6) is -0.278. The van der Waals surface area contributed by atoms with Gasteiger partial charge >= 0.3 is 12.4 Å². The van der Waals surface area contributed by atoms with E-state index in [2.05, 4.69) is 15.4 Å². The van der Waals surface area contributed by atoms with Crippen LogP contribution in [-0.2, 0) is 6.54 Å². The molecule has 1 aromatic carbocycles. The molecule has 0 bridgehead atoms. The van der Waals surface area contributed by atoms with Gasteiger partial charge in [-0.05, 0) is 17.7 Å². The number of benzene rings is 1. The summed E-state index contributed by atoms with van der Waals surface area (Å²) in [7, 11) is 0. The summed E-state index contributed by atoms with van der Waals surface area (Å²) in [5.41, 5.74) is 0.702. The largest absolute Gasteiger partial charge is 0.573 e. The number of nitrogens with one attached hydrogen (secondary N) is 2. The van der Waals surface area contributed by atoms with Gasteiger partial charge in [0.05, 0.1) is 0 Å². The SMILES string of the molecule is O=C(NCc1ccc(OC(F)(F)F)cc1)N1CCNCC1. The number of rotatable bonds is 3. The molecule has 1 saturated heterocycles. The van der Waals surface area contributed by atoms with Crippen LogP contribution in [0.3, 0.4) is 0 Å². The van der Waals surface area contributed by atoms with Gasteiger partial charge < -0.3 is 20.3 Å². The lowest BCUT2D eigenvalue weighted by atomic mass is 10.2. The Kier molecular flexibility index (Phi) is 4.89. The second kappa shape index (κ2) is 6.66. The van der Waals surface area contributed by atoms with Crippen LogP contribution < -0.4 is 15.4 Å². The van der Waals surface area contributed by atoms with Gasteiger partial charge in [0.15, 0.2) is 0 Å². The number of alkyl halides is 3. The third-order valence-electron chi connectivity index (χ3n) is 3.00. The van der Waals surface area contributed by atoms with Crippen LogP contribution >= 0.6 is 0 Å². The molecule has 2 amide bonds. The highest BCUT2D eigenvalue weighted by atomic mass is 19.4. The molecule has 1 aliphatic rings. The Hall–Kier alpha value is -1.96. The summed E-state index contributed by atoms with van der Waals surface area (Å²) < 4.78 is 39.8. The van der Waals surface area contributed by atoms with Crippen molar-refractivity contribution in [2.45, 2.75) is 12.9 Å². The maximum Gasteiger partial charge on any atom is 0.573 e. The first-order valence-corrected chi connectivity index (χ1v) is 6.52. The fraction of sp³-hybridized carbons (Fsp3) is 0.462. The lowest BCUT2D eigenvalue weighted by Crippen LogP contribution is -2.50. The topological polar surface area (TPSA) is 53.6 Å². The molecule has 1 aromatic rings. The van der Waals surface area contributed by atoms with Crippen molar-refractivity contribution in [2.24, 2.45) is 0 Å². The van der Waals surface area contributed by atoms with Gasteiger partial charge in [-0.3, -0.25) is 0 Å². The molecule has 0 radical (unpaired) electrons. The van der Waals surface area contributed by atoms with Gasteiger partial charge in [0.25, 0.3) is 0 Å². The molecule has 0 saturated carbocycles. The van der Waals surface area contributed by atoms with E-state index in [-0.39, 0.29) is 18.3 Å². The maximum absolute atomic E-state index is 12.0. The minimum atomic E-state index is -4.70. The van der Waals surface area contributed by atoms with Crippen molar-refractivity contribution in [3.8, 4) is 5.75 Å². The minimum Gasteiger partial charge on any atom is -0.406 e. The third-order valence-corrected chi connectivity index (χ3v) is 3.00. The summed E-state index contributed by atoms with van der Waals surface area (Å²) in [6.07, 6.45) is -4.70. The van der Waals surface area contributed by atoms with Crippen LogP contribution in [0.5, 0.6) is 5.75 Å². The second-order valence-electron chi connectivity index (χ2n) is 4.59. The summed E-state index contributed by atoms with van der Waals surface area (Å²) in [6, 6.07) is 5.24. The van der Waals surface area contributed by atoms with Crippen LogP contribution in [0, 0.1) is 0 Å². The summed E-state index contributed by atoms with van der Waals surface area (Å²) >= 11 is 0. The number of hydrogen-bond acceptors (Lipinski definition) is 3. The van der Waals surface area contributed by atoms with Crippen LogP contribution in [0.4, 0.5) is 18.0 Å². The molecule has 0 aliphatic carbocycles. The quantitative estimate of drug-likeness (QED) is 0.893. The predicted molar refractivity (Wildman–Crippen MR) is 69.8 cm³/mol. The molecule has 0 atom stereocenters. The molecule has 2 N–H and O–H groups in total. The number of amides is 2. The fourth-order valence-corrected chi connectivity index (χ4v) is 1.97. The fourth-order valence-electron chi connectivity index (χ4n) is 1.97. The van der Waals surface area contributed by atoms with Gasteiger partial charge in [-0.15, -0.1) is 13.2 Å². The predicted octanol–water partition coefficient (Wildman–Crippen LogP) is 1.70. The Morgan fingerprint density at radius 1 is 1.24 bits per heavy atom. The average molecular weight is 303 g/mol. The van der Waals surface area contributed by atoms with E-state index in [9.17, 15) is 18.0 Å². The maximum atomic E-state index is 12.0. The first-order valence-electron chi connectivity index (χ1n) is 6.52. The van der Waals surface area contributed by atoms with Gasteiger partial charge in [-0.2, -0.15) is 0 Å². The van der Waals surface area contributed by atoms with E-state index >= 15 is 0 Å². The first-order chi connectivity index (χ1) is 9.94. The molecule has 21 heavy (non-hydrogen) atoms. The molecule has 5 nitrogen and oxygen atoms in total. The Labute approximate surface area is 120 Å². The number of halogens is 3. The molecule has 1 heterocycles. The van der Waals surface area contributed by atoms with Crippen LogP contribution in [0.15, 0.2) is 24.3 Å². The zero-order valence-electron chi connectivity index (χ0n) is 11.2. The number of carbonyl (C=O) groups excluding carboxylic acids is 1. The minimum absolute atomic E-state index is 0.174. The number of ether oxygens (including phenoxy) is 1. The van der Waals surface area contributed by atoms with Crippen LogP contribution in [0.1, 0.15) is 5.56 Å². The molecule has 0 spiro atoms. The van der Waals surface area contributed by atoms with Crippen molar-refractivity contribution in [1.82, 2.24) is 15.5 Å². The third kappa shape index (κ3) is 5.14. The lowest BCUT2D eigenvalue weighted by molar-refractivity contribution is -0.274. The lowest BCUT2D eigenvalue weighted by Gasteiger charge is -2.27. The first kappa shape index (κ1) is 15.4. The zero-order valence-corrected chi connectivity index (χ0v) is 11.2. The monoisotopic (exact) mass is 303 g/mol. The Morgan fingerprint density at radius 2 is 1.86 bits per heavy atom. The number of piperazine rings is 1. The highest BCUT2D eigenvalue weighted by molar-refractivity contribution is 5.74. The van der Waals surface area contributed by atoms with Crippen LogP contribution in [0.25, 0.3) is 0 Å². The van der Waals surface area contributed by atoms with Gasteiger partial charge in [-0.1, -0.05) is 12.1 Å².